The van der Waals surface area contributed by atoms with Gasteiger partial charge in [-0.25, -0.2) is 9.97 Å². The fraction of sp³-hybridized carbons (Fsp3) is 0.308. The molecule has 1 saturated heterocycles. The van der Waals surface area contributed by atoms with E-state index in [1.54, 1.807) is 28.0 Å². The van der Waals surface area contributed by atoms with Crippen LogP contribution < -0.4 is 10.9 Å². The normalized spacial score (nSPS) is 14.3. The van der Waals surface area contributed by atoms with Gasteiger partial charge in [-0.05, 0) is 55.7 Å². The van der Waals surface area contributed by atoms with Crippen LogP contribution in [-0.2, 0) is 22.5 Å². The molecule has 1 aliphatic heterocycles. The van der Waals surface area contributed by atoms with Gasteiger partial charge in [0.25, 0.3) is 5.56 Å². The first-order valence-corrected chi connectivity index (χ1v) is 12.7. The van der Waals surface area contributed by atoms with Crippen LogP contribution in [0.4, 0.5) is 11.6 Å². The summed E-state index contributed by atoms with van der Waals surface area (Å²) in [4.78, 5) is 35.5. The Morgan fingerprint density at radius 1 is 1.20 bits per heavy atom. The van der Waals surface area contributed by atoms with Crippen molar-refractivity contribution in [2.45, 2.75) is 32.7 Å². The quantitative estimate of drug-likeness (QED) is 0.372. The minimum Gasteiger partial charge on any atom is -0.381 e. The van der Waals surface area contributed by atoms with Crippen LogP contribution in [-0.4, -0.2) is 33.5 Å². The summed E-state index contributed by atoms with van der Waals surface area (Å²) in [6.45, 7) is 3.44. The highest BCUT2D eigenvalue weighted by atomic mass is 35.5. The van der Waals surface area contributed by atoms with Crippen LogP contribution >= 0.6 is 22.9 Å². The first-order chi connectivity index (χ1) is 17.0. The number of carbonyl (C=O) groups excluding carboxylic acids is 1. The molecule has 7 nitrogen and oxygen atoms in total. The van der Waals surface area contributed by atoms with Crippen LogP contribution in [0.5, 0.6) is 0 Å². The smallest absolute Gasteiger partial charge is 0.258 e. The molecule has 180 valence electrons. The first kappa shape index (κ1) is 23.7. The van der Waals surface area contributed by atoms with Gasteiger partial charge in [-0.2, -0.15) is 0 Å². The number of benzene rings is 2. The second-order valence-corrected chi connectivity index (χ2v) is 10.4. The molecule has 0 radical (unpaired) electrons. The van der Waals surface area contributed by atoms with Gasteiger partial charge in [0.2, 0.25) is 5.95 Å². The molecule has 0 amide bonds. The number of hydrogen-bond donors (Lipinski definition) is 1. The van der Waals surface area contributed by atoms with E-state index in [1.807, 2.05) is 37.3 Å². The third-order valence-corrected chi connectivity index (χ3v) is 7.35. The van der Waals surface area contributed by atoms with E-state index in [2.05, 4.69) is 15.3 Å². The summed E-state index contributed by atoms with van der Waals surface area (Å²) in [7, 11) is 0. The van der Waals surface area contributed by atoms with Crippen molar-refractivity contribution in [2.75, 3.05) is 18.5 Å². The number of ether oxygens (including phenoxy) is 1. The lowest BCUT2D eigenvalue weighted by atomic mass is 9.92. The number of anilines is 2. The number of halogens is 1. The van der Waals surface area contributed by atoms with Gasteiger partial charge in [0.05, 0.1) is 21.8 Å². The molecule has 0 bridgehead atoms. The average Bonchev–Trinajstić information content (AvgIpc) is 3.24. The minimum atomic E-state index is -0.229. The van der Waals surface area contributed by atoms with Crippen molar-refractivity contribution in [1.29, 1.82) is 0 Å². The third-order valence-electron chi connectivity index (χ3n) is 6.16. The summed E-state index contributed by atoms with van der Waals surface area (Å²) in [5.74, 6) is 0.407. The highest BCUT2D eigenvalue weighted by Crippen LogP contribution is 2.26. The van der Waals surface area contributed by atoms with Crippen LogP contribution in [0.15, 0.2) is 53.5 Å². The predicted octanol–water partition coefficient (Wildman–Crippen LogP) is 5.14. The molecular formula is C26H25ClN4O3S. The molecule has 2 aromatic carbocycles. The molecule has 3 heterocycles. The Morgan fingerprint density at radius 2 is 1.97 bits per heavy atom. The number of carbonyl (C=O) groups is 1. The van der Waals surface area contributed by atoms with Gasteiger partial charge < -0.3 is 10.1 Å². The summed E-state index contributed by atoms with van der Waals surface area (Å²) in [5.41, 5.74) is 2.82. The van der Waals surface area contributed by atoms with Crippen molar-refractivity contribution in [3.05, 3.63) is 80.2 Å². The maximum absolute atomic E-state index is 13.6. The first-order valence-electron chi connectivity index (χ1n) is 11.5. The Balaban J connectivity index is 1.47. The van der Waals surface area contributed by atoms with Gasteiger partial charge in [0.15, 0.2) is 0 Å². The molecule has 0 spiro atoms. The highest BCUT2D eigenvalue weighted by molar-refractivity contribution is 7.18. The van der Waals surface area contributed by atoms with E-state index in [1.165, 1.54) is 6.20 Å². The number of ketones is 1. The minimum absolute atomic E-state index is 0.0666. The Morgan fingerprint density at radius 3 is 2.74 bits per heavy atom. The van der Waals surface area contributed by atoms with Gasteiger partial charge in [-0.1, -0.05) is 23.7 Å². The van der Waals surface area contributed by atoms with Crippen LogP contribution in [0, 0.1) is 12.8 Å². The van der Waals surface area contributed by atoms with E-state index in [0.717, 1.165) is 26.5 Å². The van der Waals surface area contributed by atoms with E-state index in [0.29, 0.717) is 49.1 Å². The van der Waals surface area contributed by atoms with E-state index in [9.17, 15) is 9.59 Å². The van der Waals surface area contributed by atoms with Crippen LogP contribution in [0.25, 0.3) is 10.2 Å². The molecule has 0 unspecified atom stereocenters. The van der Waals surface area contributed by atoms with E-state index in [-0.39, 0.29) is 23.7 Å². The zero-order valence-corrected chi connectivity index (χ0v) is 20.9. The van der Waals surface area contributed by atoms with E-state index < -0.39 is 0 Å². The number of thiazole rings is 1. The summed E-state index contributed by atoms with van der Waals surface area (Å²) < 4.78 is 8.00. The lowest BCUT2D eigenvalue weighted by molar-refractivity contribution is -0.125. The van der Waals surface area contributed by atoms with Crippen molar-refractivity contribution in [3.63, 3.8) is 0 Å². The summed E-state index contributed by atoms with van der Waals surface area (Å²) in [6.07, 6.45) is 2.99. The van der Waals surface area contributed by atoms with Crippen molar-refractivity contribution in [1.82, 2.24) is 14.5 Å². The number of nitrogens with one attached hydrogen (secondary N) is 1. The average molecular weight is 509 g/mol. The molecule has 1 fully saturated rings. The standard InChI is InChI=1S/C26H25ClN4O3S/c1-16-29-22-7-6-21(13-24(22)35-16)30-26-28-14-19(12-23(32)18-8-10-34-11-9-18)25(33)31(26)15-17-2-4-20(27)5-3-17/h2-7,13-14,18H,8-12,15H2,1H3,(H,28,30). The zero-order valence-electron chi connectivity index (χ0n) is 19.3. The van der Waals surface area contributed by atoms with Gasteiger partial charge >= 0.3 is 0 Å². The topological polar surface area (TPSA) is 86.1 Å². The summed E-state index contributed by atoms with van der Waals surface area (Å²) >= 11 is 7.66. The van der Waals surface area contributed by atoms with Crippen molar-refractivity contribution in [3.8, 4) is 0 Å². The molecule has 0 aliphatic carbocycles. The zero-order chi connectivity index (χ0) is 24.4. The SMILES string of the molecule is Cc1nc2ccc(Nc3ncc(CC(=O)C4CCOCC4)c(=O)n3Cc3ccc(Cl)cc3)cc2s1. The fourth-order valence-electron chi connectivity index (χ4n) is 4.27. The molecule has 9 heteroatoms. The van der Waals surface area contributed by atoms with Gasteiger partial charge in [0.1, 0.15) is 5.78 Å². The Kier molecular flexibility index (Phi) is 6.95. The molecule has 5 rings (SSSR count). The molecule has 2 aromatic heterocycles. The van der Waals surface area contributed by atoms with Crippen molar-refractivity contribution in [2.24, 2.45) is 5.92 Å². The Labute approximate surface area is 211 Å². The number of hydrogen-bond acceptors (Lipinski definition) is 7. The molecule has 35 heavy (non-hydrogen) atoms. The molecule has 1 aliphatic rings. The monoisotopic (exact) mass is 508 g/mol. The number of aryl methyl sites for hydroxylation is 1. The van der Waals surface area contributed by atoms with Crippen LogP contribution in [0.3, 0.4) is 0 Å². The third kappa shape index (κ3) is 5.45. The van der Waals surface area contributed by atoms with Crippen LogP contribution in [0.2, 0.25) is 5.02 Å². The molecule has 4 aromatic rings. The van der Waals surface area contributed by atoms with E-state index >= 15 is 0 Å². The molecular weight excluding hydrogens is 484 g/mol. The van der Waals surface area contributed by atoms with Crippen LogP contribution in [0.1, 0.15) is 29.0 Å². The Hall–Kier alpha value is -3.07. The summed E-state index contributed by atoms with van der Waals surface area (Å²) in [5, 5.41) is 4.91. The lowest BCUT2D eigenvalue weighted by Gasteiger charge is -2.21. The molecule has 1 N–H and O–H groups in total. The van der Waals surface area contributed by atoms with Gasteiger partial charge in [-0.15, -0.1) is 11.3 Å². The number of aromatic nitrogens is 3. The second kappa shape index (κ2) is 10.3. The van der Waals surface area contributed by atoms with Crippen molar-refractivity contribution < 1.29 is 9.53 Å². The largest absolute Gasteiger partial charge is 0.381 e. The number of nitrogens with zero attached hydrogens (tertiary/aromatic N) is 3. The number of rotatable bonds is 7. The van der Waals surface area contributed by atoms with Gasteiger partial charge in [-0.3, -0.25) is 14.2 Å². The van der Waals surface area contributed by atoms with Gasteiger partial charge in [0, 0.05) is 48.0 Å². The summed E-state index contributed by atoms with van der Waals surface area (Å²) in [6, 6.07) is 13.2. The number of Topliss-reactive ketones (excluding diaryl/α,β-unsaturated/α-hetero) is 1. The van der Waals surface area contributed by atoms with E-state index in [4.69, 9.17) is 16.3 Å². The molecule has 0 saturated carbocycles. The highest BCUT2D eigenvalue weighted by Gasteiger charge is 2.23. The second-order valence-electron chi connectivity index (χ2n) is 8.69. The fourth-order valence-corrected chi connectivity index (χ4v) is 5.26. The lowest BCUT2D eigenvalue weighted by Crippen LogP contribution is -2.31. The van der Waals surface area contributed by atoms with Crippen molar-refractivity contribution >= 4 is 50.6 Å². The Bertz CT molecular complexity index is 1430. The molecule has 0 atom stereocenters. The maximum Gasteiger partial charge on any atom is 0.258 e. The predicted molar refractivity (Wildman–Crippen MR) is 139 cm³/mol. The number of fused-ring (bicyclic) bond motifs is 1. The maximum atomic E-state index is 13.6.